The molecule has 0 atom stereocenters. The van der Waals surface area contributed by atoms with Crippen LogP contribution in [-0.4, -0.2) is 18.6 Å². The van der Waals surface area contributed by atoms with Crippen LogP contribution in [-0.2, 0) is 6.54 Å². The molecule has 1 N–H and O–H groups in total. The summed E-state index contributed by atoms with van der Waals surface area (Å²) in [6, 6.07) is 8.19. The lowest BCUT2D eigenvalue weighted by molar-refractivity contribution is 0.901. The fourth-order valence-electron chi connectivity index (χ4n) is 1.70. The number of hydrogen-bond acceptors (Lipinski definition) is 4. The number of anilines is 2. The van der Waals surface area contributed by atoms with Gasteiger partial charge in [0.05, 0.1) is 3.79 Å². The van der Waals surface area contributed by atoms with E-state index in [1.807, 2.05) is 18.2 Å². The second-order valence-electron chi connectivity index (χ2n) is 4.03. The van der Waals surface area contributed by atoms with Gasteiger partial charge in [-0.2, -0.15) is 0 Å². The Morgan fingerprint density at radius 3 is 2.94 bits per heavy atom. The summed E-state index contributed by atoms with van der Waals surface area (Å²) in [5, 5.41) is 5.39. The summed E-state index contributed by atoms with van der Waals surface area (Å²) in [6.07, 6.45) is 0. The van der Waals surface area contributed by atoms with Gasteiger partial charge in [0.15, 0.2) is 0 Å². The van der Waals surface area contributed by atoms with E-state index in [4.69, 9.17) is 0 Å². The molecule has 0 aliphatic carbocycles. The highest BCUT2D eigenvalue weighted by atomic mass is 79.9. The lowest BCUT2D eigenvalue weighted by Gasteiger charge is -2.18. The topological polar surface area (TPSA) is 28.2 Å². The predicted molar refractivity (Wildman–Crippen MR) is 82.5 cm³/mol. The molecule has 0 aromatic carbocycles. The molecule has 0 saturated heterocycles. The summed E-state index contributed by atoms with van der Waals surface area (Å²) >= 11 is 5.19. The molecule has 2 rings (SSSR count). The Hall–Kier alpha value is -1.07. The predicted octanol–water partition coefficient (Wildman–Crippen LogP) is 3.97. The molecule has 3 nitrogen and oxygen atoms in total. The first-order valence-corrected chi connectivity index (χ1v) is 7.51. The van der Waals surface area contributed by atoms with Gasteiger partial charge >= 0.3 is 0 Å². The van der Waals surface area contributed by atoms with Crippen LogP contribution in [0.4, 0.5) is 11.6 Å². The number of hydrogen-bond donors (Lipinski definition) is 1. The van der Waals surface area contributed by atoms with Crippen LogP contribution in [0.15, 0.2) is 33.4 Å². The average Bonchev–Trinajstić information content (AvgIpc) is 2.75. The van der Waals surface area contributed by atoms with E-state index in [-0.39, 0.29) is 0 Å². The second-order valence-corrected chi connectivity index (χ2v) is 6.32. The van der Waals surface area contributed by atoms with Crippen molar-refractivity contribution < 1.29 is 0 Å². The molecule has 0 unspecified atom stereocenters. The highest BCUT2D eigenvalue weighted by Gasteiger charge is 2.05. The Balaban J connectivity index is 2.08. The van der Waals surface area contributed by atoms with Crippen LogP contribution in [0.1, 0.15) is 12.5 Å². The second kappa shape index (κ2) is 6.20. The van der Waals surface area contributed by atoms with E-state index in [1.165, 1.54) is 9.35 Å². The number of pyridine rings is 1. The maximum absolute atomic E-state index is 4.57. The first kappa shape index (κ1) is 13.4. The molecule has 18 heavy (non-hydrogen) atoms. The number of thiophene rings is 1. The molecule has 2 heterocycles. The third-order valence-electron chi connectivity index (χ3n) is 2.52. The Labute approximate surface area is 120 Å². The van der Waals surface area contributed by atoms with E-state index < -0.39 is 0 Å². The molecule has 0 aliphatic rings. The van der Waals surface area contributed by atoms with Crippen molar-refractivity contribution in [3.05, 3.63) is 39.0 Å². The first-order valence-electron chi connectivity index (χ1n) is 5.84. The van der Waals surface area contributed by atoms with Crippen molar-refractivity contribution in [2.75, 3.05) is 23.8 Å². The standard InChI is InChI=1S/C13H16BrN3S/c1-3-15-12-5-4-6-13(16-12)17(2)8-10-7-11(14)18-9-10/h4-7,9H,3,8H2,1-2H3,(H,15,16). The summed E-state index contributed by atoms with van der Waals surface area (Å²) in [6.45, 7) is 3.82. The van der Waals surface area contributed by atoms with E-state index in [2.05, 4.69) is 56.5 Å². The molecule has 0 aliphatic heterocycles. The summed E-state index contributed by atoms with van der Waals surface area (Å²) in [5.41, 5.74) is 1.30. The van der Waals surface area contributed by atoms with E-state index in [0.717, 1.165) is 24.7 Å². The summed E-state index contributed by atoms with van der Waals surface area (Å²) in [5.74, 6) is 1.91. The van der Waals surface area contributed by atoms with E-state index >= 15 is 0 Å². The Kier molecular flexibility index (Phi) is 4.60. The third kappa shape index (κ3) is 3.46. The molecule has 0 fully saturated rings. The van der Waals surface area contributed by atoms with Gasteiger partial charge in [0.1, 0.15) is 11.6 Å². The zero-order chi connectivity index (χ0) is 13.0. The summed E-state index contributed by atoms with van der Waals surface area (Å²) in [7, 11) is 2.06. The number of nitrogens with zero attached hydrogens (tertiary/aromatic N) is 2. The maximum Gasteiger partial charge on any atom is 0.130 e. The van der Waals surface area contributed by atoms with Crippen LogP contribution in [0.25, 0.3) is 0 Å². The van der Waals surface area contributed by atoms with Gasteiger partial charge in [-0.15, -0.1) is 11.3 Å². The van der Waals surface area contributed by atoms with Crippen LogP contribution in [0, 0.1) is 0 Å². The Morgan fingerprint density at radius 1 is 1.44 bits per heavy atom. The van der Waals surface area contributed by atoms with Crippen LogP contribution >= 0.6 is 27.3 Å². The molecular formula is C13H16BrN3S. The smallest absolute Gasteiger partial charge is 0.130 e. The molecule has 0 saturated carbocycles. The lowest BCUT2D eigenvalue weighted by atomic mass is 10.3. The van der Waals surface area contributed by atoms with Crippen LogP contribution in [0.2, 0.25) is 0 Å². The monoisotopic (exact) mass is 325 g/mol. The minimum absolute atomic E-state index is 0.866. The number of aromatic nitrogens is 1. The van der Waals surface area contributed by atoms with Crippen molar-refractivity contribution in [2.24, 2.45) is 0 Å². The molecular weight excluding hydrogens is 310 g/mol. The van der Waals surface area contributed by atoms with Crippen LogP contribution < -0.4 is 10.2 Å². The van der Waals surface area contributed by atoms with Gasteiger partial charge in [-0.1, -0.05) is 6.07 Å². The largest absolute Gasteiger partial charge is 0.370 e. The van der Waals surface area contributed by atoms with Gasteiger partial charge in [-0.25, -0.2) is 4.98 Å². The van der Waals surface area contributed by atoms with Crippen molar-refractivity contribution in [1.29, 1.82) is 0 Å². The third-order valence-corrected chi connectivity index (χ3v) is 4.08. The fraction of sp³-hybridized carbons (Fsp3) is 0.308. The van der Waals surface area contributed by atoms with Crippen molar-refractivity contribution in [2.45, 2.75) is 13.5 Å². The zero-order valence-corrected chi connectivity index (χ0v) is 12.9. The van der Waals surface area contributed by atoms with Crippen molar-refractivity contribution in [3.63, 3.8) is 0 Å². The Bertz CT molecular complexity index is 512. The van der Waals surface area contributed by atoms with Gasteiger partial charge in [0.2, 0.25) is 0 Å². The van der Waals surface area contributed by atoms with Crippen molar-refractivity contribution >= 4 is 38.9 Å². The molecule has 0 radical (unpaired) electrons. The number of nitrogens with one attached hydrogen (secondary N) is 1. The zero-order valence-electron chi connectivity index (χ0n) is 10.5. The van der Waals surface area contributed by atoms with Gasteiger partial charge < -0.3 is 10.2 Å². The van der Waals surface area contributed by atoms with E-state index in [1.54, 1.807) is 11.3 Å². The first-order chi connectivity index (χ1) is 8.69. The highest BCUT2D eigenvalue weighted by molar-refractivity contribution is 9.11. The van der Waals surface area contributed by atoms with Crippen LogP contribution in [0.3, 0.4) is 0 Å². The van der Waals surface area contributed by atoms with Gasteiger partial charge in [-0.3, -0.25) is 0 Å². The molecule has 2 aromatic rings. The number of halogens is 1. The molecule has 0 spiro atoms. The van der Waals surface area contributed by atoms with Crippen LogP contribution in [0.5, 0.6) is 0 Å². The summed E-state index contributed by atoms with van der Waals surface area (Å²) in [4.78, 5) is 6.72. The molecule has 0 bridgehead atoms. The molecule has 96 valence electrons. The minimum Gasteiger partial charge on any atom is -0.370 e. The normalized spacial score (nSPS) is 10.4. The summed E-state index contributed by atoms with van der Waals surface area (Å²) < 4.78 is 1.17. The maximum atomic E-state index is 4.57. The highest BCUT2D eigenvalue weighted by Crippen LogP contribution is 2.23. The van der Waals surface area contributed by atoms with Gasteiger partial charge in [-0.05, 0) is 52.0 Å². The Morgan fingerprint density at radius 2 is 2.28 bits per heavy atom. The fourth-order valence-corrected chi connectivity index (χ4v) is 2.90. The van der Waals surface area contributed by atoms with E-state index in [0.29, 0.717) is 0 Å². The van der Waals surface area contributed by atoms with Crippen molar-refractivity contribution in [3.8, 4) is 0 Å². The lowest BCUT2D eigenvalue weighted by Crippen LogP contribution is -2.17. The molecule has 2 aromatic heterocycles. The quantitative estimate of drug-likeness (QED) is 0.901. The number of rotatable bonds is 5. The van der Waals surface area contributed by atoms with E-state index in [9.17, 15) is 0 Å². The van der Waals surface area contributed by atoms with Gasteiger partial charge in [0.25, 0.3) is 0 Å². The van der Waals surface area contributed by atoms with Gasteiger partial charge in [0, 0.05) is 20.1 Å². The molecule has 0 amide bonds. The minimum atomic E-state index is 0.866. The molecule has 5 heteroatoms. The van der Waals surface area contributed by atoms with Crippen molar-refractivity contribution in [1.82, 2.24) is 4.98 Å². The SMILES string of the molecule is CCNc1cccc(N(C)Cc2csc(Br)c2)n1. The average molecular weight is 326 g/mol.